The molecule has 0 aromatic rings. The highest BCUT2D eigenvalue weighted by Gasteiger charge is 2.28. The van der Waals surface area contributed by atoms with E-state index in [1.165, 1.54) is 0 Å². The quantitative estimate of drug-likeness (QED) is 0.749. The number of carbonyl (C=O) groups excluding carboxylic acids is 2. The molecule has 2 N–H and O–H groups in total. The molecule has 1 saturated carbocycles. The van der Waals surface area contributed by atoms with Gasteiger partial charge in [-0.1, -0.05) is 0 Å². The van der Waals surface area contributed by atoms with Crippen LogP contribution in [0.2, 0.25) is 0 Å². The molecule has 1 amide bonds. The van der Waals surface area contributed by atoms with Crippen molar-refractivity contribution in [2.45, 2.75) is 51.1 Å². The molecule has 0 spiro atoms. The lowest BCUT2D eigenvalue weighted by molar-refractivity contribution is -0.149. The van der Waals surface area contributed by atoms with Crippen LogP contribution in [0.15, 0.2) is 0 Å². The number of hydrogen-bond acceptors (Lipinski definition) is 5. The van der Waals surface area contributed by atoms with E-state index >= 15 is 0 Å². The van der Waals surface area contributed by atoms with Gasteiger partial charge in [-0.05, 0) is 32.6 Å². The first-order valence-corrected chi connectivity index (χ1v) is 9.11. The van der Waals surface area contributed by atoms with Crippen LogP contribution in [0.1, 0.15) is 39.0 Å². The summed E-state index contributed by atoms with van der Waals surface area (Å²) in [5, 5.41) is 6.50. The van der Waals surface area contributed by atoms with Crippen LogP contribution in [-0.2, 0) is 14.3 Å². The molecule has 21 heavy (non-hydrogen) atoms. The Morgan fingerprint density at radius 1 is 1.29 bits per heavy atom. The molecular formula is C15H26N2O3S. The van der Waals surface area contributed by atoms with E-state index in [0.29, 0.717) is 19.1 Å². The van der Waals surface area contributed by atoms with Crippen LogP contribution in [-0.4, -0.2) is 48.6 Å². The molecule has 1 atom stereocenters. The molecule has 1 aliphatic carbocycles. The van der Waals surface area contributed by atoms with E-state index < -0.39 is 0 Å². The molecule has 0 radical (unpaired) electrons. The monoisotopic (exact) mass is 314 g/mol. The maximum Gasteiger partial charge on any atom is 0.308 e. The number of ether oxygens (including phenoxy) is 1. The summed E-state index contributed by atoms with van der Waals surface area (Å²) in [6, 6.07) is 0.527. The van der Waals surface area contributed by atoms with Crippen LogP contribution in [0.4, 0.5) is 0 Å². The average molecular weight is 314 g/mol. The van der Waals surface area contributed by atoms with Crippen LogP contribution < -0.4 is 10.6 Å². The molecule has 6 heteroatoms. The van der Waals surface area contributed by atoms with E-state index in [1.807, 2.05) is 18.7 Å². The van der Waals surface area contributed by atoms with Gasteiger partial charge in [-0.25, -0.2) is 0 Å². The first-order valence-electron chi connectivity index (χ1n) is 7.96. The standard InChI is InChI=1S/C15H26N2O3S/c1-2-20-15(19)11-3-5-12(6-4-11)17-14(18)9-13-10-21-8-7-16-13/h11-13,16H,2-10H2,1H3,(H,17,18). The predicted molar refractivity (Wildman–Crippen MR) is 84.3 cm³/mol. The molecule has 5 nitrogen and oxygen atoms in total. The number of esters is 1. The van der Waals surface area contributed by atoms with Gasteiger partial charge in [-0.2, -0.15) is 11.8 Å². The highest BCUT2D eigenvalue weighted by Crippen LogP contribution is 2.25. The second-order valence-corrected chi connectivity index (χ2v) is 6.95. The number of amides is 1. The average Bonchev–Trinajstić information content (AvgIpc) is 2.49. The van der Waals surface area contributed by atoms with Gasteiger partial charge in [-0.3, -0.25) is 9.59 Å². The zero-order chi connectivity index (χ0) is 15.1. The van der Waals surface area contributed by atoms with Crippen molar-refractivity contribution in [1.29, 1.82) is 0 Å². The van der Waals surface area contributed by atoms with E-state index in [4.69, 9.17) is 4.74 Å². The normalized spacial score (nSPS) is 29.7. The van der Waals surface area contributed by atoms with Gasteiger partial charge < -0.3 is 15.4 Å². The molecule has 0 aromatic heterocycles. The largest absolute Gasteiger partial charge is 0.466 e. The summed E-state index contributed by atoms with van der Waals surface area (Å²) in [5.74, 6) is 2.23. The second kappa shape index (κ2) is 8.63. The van der Waals surface area contributed by atoms with Crippen LogP contribution in [0.3, 0.4) is 0 Å². The van der Waals surface area contributed by atoms with Crippen molar-refractivity contribution >= 4 is 23.6 Å². The highest BCUT2D eigenvalue weighted by atomic mass is 32.2. The van der Waals surface area contributed by atoms with Gasteiger partial charge in [0.15, 0.2) is 0 Å². The third-order valence-corrected chi connectivity index (χ3v) is 5.27. The number of carbonyl (C=O) groups is 2. The predicted octanol–water partition coefficient (Wildman–Crippen LogP) is 1.32. The number of hydrogen-bond donors (Lipinski definition) is 2. The Hall–Kier alpha value is -0.750. The molecule has 0 aromatic carbocycles. The summed E-state index contributed by atoms with van der Waals surface area (Å²) < 4.78 is 5.06. The fourth-order valence-corrected chi connectivity index (χ4v) is 3.94. The first kappa shape index (κ1) is 16.6. The maximum absolute atomic E-state index is 12.0. The molecule has 2 aliphatic rings. The lowest BCUT2D eigenvalue weighted by Gasteiger charge is -2.29. The van der Waals surface area contributed by atoms with Crippen molar-refractivity contribution in [2.75, 3.05) is 24.7 Å². The van der Waals surface area contributed by atoms with Gasteiger partial charge >= 0.3 is 5.97 Å². The Balaban J connectivity index is 1.65. The van der Waals surface area contributed by atoms with Crippen LogP contribution >= 0.6 is 11.8 Å². The molecule has 2 rings (SSSR count). The molecule has 1 saturated heterocycles. The van der Waals surface area contributed by atoms with E-state index in [1.54, 1.807) is 0 Å². The smallest absolute Gasteiger partial charge is 0.308 e. The van der Waals surface area contributed by atoms with Gasteiger partial charge in [0, 0.05) is 36.6 Å². The van der Waals surface area contributed by atoms with Crippen molar-refractivity contribution in [3.8, 4) is 0 Å². The van der Waals surface area contributed by atoms with Crippen molar-refractivity contribution < 1.29 is 14.3 Å². The summed E-state index contributed by atoms with van der Waals surface area (Å²) in [6.45, 7) is 3.27. The molecule has 1 unspecified atom stereocenters. The van der Waals surface area contributed by atoms with E-state index in [0.717, 1.165) is 43.7 Å². The van der Waals surface area contributed by atoms with Crippen LogP contribution in [0, 0.1) is 5.92 Å². The fraction of sp³-hybridized carbons (Fsp3) is 0.867. The fourth-order valence-electron chi connectivity index (χ4n) is 2.99. The second-order valence-electron chi connectivity index (χ2n) is 5.80. The molecular weight excluding hydrogens is 288 g/mol. The minimum absolute atomic E-state index is 0.0227. The number of thioether (sulfide) groups is 1. The first-order chi connectivity index (χ1) is 10.2. The maximum atomic E-state index is 12.0. The molecule has 1 aliphatic heterocycles. The van der Waals surface area contributed by atoms with Gasteiger partial charge in [-0.15, -0.1) is 0 Å². The number of rotatable bonds is 5. The zero-order valence-electron chi connectivity index (χ0n) is 12.7. The van der Waals surface area contributed by atoms with E-state index in [9.17, 15) is 9.59 Å². The minimum atomic E-state index is -0.0780. The highest BCUT2D eigenvalue weighted by molar-refractivity contribution is 7.99. The third-order valence-electron chi connectivity index (χ3n) is 4.14. The van der Waals surface area contributed by atoms with Gasteiger partial charge in [0.25, 0.3) is 0 Å². The summed E-state index contributed by atoms with van der Waals surface area (Å²) in [5.41, 5.74) is 0. The third kappa shape index (κ3) is 5.51. The Morgan fingerprint density at radius 3 is 2.67 bits per heavy atom. The summed E-state index contributed by atoms with van der Waals surface area (Å²) in [4.78, 5) is 23.7. The molecule has 2 fully saturated rings. The number of nitrogens with one attached hydrogen (secondary N) is 2. The molecule has 120 valence electrons. The molecule has 0 bridgehead atoms. The lowest BCUT2D eigenvalue weighted by Crippen LogP contribution is -2.44. The minimum Gasteiger partial charge on any atom is -0.466 e. The lowest BCUT2D eigenvalue weighted by atomic mass is 9.86. The summed E-state index contributed by atoms with van der Waals surface area (Å²) in [6.07, 6.45) is 3.96. The topological polar surface area (TPSA) is 67.4 Å². The van der Waals surface area contributed by atoms with Crippen molar-refractivity contribution in [3.05, 3.63) is 0 Å². The SMILES string of the molecule is CCOC(=O)C1CCC(NC(=O)CC2CSCCN2)CC1. The zero-order valence-corrected chi connectivity index (χ0v) is 13.5. The van der Waals surface area contributed by atoms with Crippen molar-refractivity contribution in [2.24, 2.45) is 5.92 Å². The Morgan fingerprint density at radius 2 is 2.05 bits per heavy atom. The summed E-state index contributed by atoms with van der Waals surface area (Å²) in [7, 11) is 0. The Bertz CT molecular complexity index is 351. The Kier molecular flexibility index (Phi) is 6.83. The van der Waals surface area contributed by atoms with Gasteiger partial charge in [0.1, 0.15) is 0 Å². The van der Waals surface area contributed by atoms with E-state index in [2.05, 4.69) is 10.6 Å². The van der Waals surface area contributed by atoms with Crippen LogP contribution in [0.25, 0.3) is 0 Å². The molecule has 1 heterocycles. The van der Waals surface area contributed by atoms with Crippen molar-refractivity contribution in [1.82, 2.24) is 10.6 Å². The van der Waals surface area contributed by atoms with Gasteiger partial charge in [0.05, 0.1) is 12.5 Å². The van der Waals surface area contributed by atoms with Crippen molar-refractivity contribution in [3.63, 3.8) is 0 Å². The Labute approximate surface area is 130 Å². The van der Waals surface area contributed by atoms with E-state index in [-0.39, 0.29) is 23.8 Å². The van der Waals surface area contributed by atoms with Crippen LogP contribution in [0.5, 0.6) is 0 Å². The summed E-state index contributed by atoms with van der Waals surface area (Å²) >= 11 is 1.91. The van der Waals surface area contributed by atoms with Gasteiger partial charge in [0.2, 0.25) is 5.91 Å².